The highest BCUT2D eigenvalue weighted by atomic mass is 16.5. The first-order chi connectivity index (χ1) is 15.1. The molecule has 158 valence electrons. The van der Waals surface area contributed by atoms with Crippen molar-refractivity contribution in [3.05, 3.63) is 77.4 Å². The molecule has 2 aliphatic rings. The van der Waals surface area contributed by atoms with E-state index in [4.69, 9.17) is 9.73 Å². The third kappa shape index (κ3) is 3.69. The predicted molar refractivity (Wildman–Crippen MR) is 125 cm³/mol. The molecule has 0 unspecified atom stereocenters. The first kappa shape index (κ1) is 19.4. The van der Waals surface area contributed by atoms with Gasteiger partial charge in [0.2, 0.25) is 0 Å². The van der Waals surface area contributed by atoms with Gasteiger partial charge in [-0.3, -0.25) is 10.0 Å². The lowest BCUT2D eigenvalue weighted by Gasteiger charge is -2.35. The van der Waals surface area contributed by atoms with Crippen LogP contribution in [0.15, 0.2) is 65.6 Å². The van der Waals surface area contributed by atoms with Gasteiger partial charge in [0, 0.05) is 12.7 Å². The molecule has 1 saturated heterocycles. The molecule has 2 aliphatic heterocycles. The van der Waals surface area contributed by atoms with Crippen LogP contribution >= 0.6 is 0 Å². The molecule has 0 atom stereocenters. The molecule has 0 aliphatic carbocycles. The summed E-state index contributed by atoms with van der Waals surface area (Å²) >= 11 is 0. The average molecular weight is 414 g/mol. The molecule has 6 heteroatoms. The van der Waals surface area contributed by atoms with E-state index in [-0.39, 0.29) is 0 Å². The van der Waals surface area contributed by atoms with Crippen LogP contribution in [0.3, 0.4) is 0 Å². The zero-order valence-electron chi connectivity index (χ0n) is 18.2. The Morgan fingerprint density at radius 1 is 1.03 bits per heavy atom. The van der Waals surface area contributed by atoms with Gasteiger partial charge in [-0.1, -0.05) is 23.8 Å². The number of hydrazine groups is 1. The number of anilines is 1. The molecule has 31 heavy (non-hydrogen) atoms. The van der Waals surface area contributed by atoms with Crippen LogP contribution in [0.5, 0.6) is 5.75 Å². The number of rotatable bonds is 4. The Hall–Kier alpha value is -3.54. The fourth-order valence-electron chi connectivity index (χ4n) is 4.26. The number of piperidine rings is 1. The van der Waals surface area contributed by atoms with E-state index in [1.54, 1.807) is 7.11 Å². The average Bonchev–Trinajstić information content (AvgIpc) is 3.41. The normalized spacial score (nSPS) is 17.1. The van der Waals surface area contributed by atoms with Crippen molar-refractivity contribution in [1.29, 1.82) is 0 Å². The molecule has 0 radical (unpaired) electrons. The van der Waals surface area contributed by atoms with Crippen LogP contribution < -0.4 is 9.75 Å². The number of fused-ring (bicyclic) bond motifs is 1. The topological polar surface area (TPSA) is 45.9 Å². The summed E-state index contributed by atoms with van der Waals surface area (Å²) in [7, 11) is 1.71. The number of hydrogen-bond donors (Lipinski definition) is 0. The highest BCUT2D eigenvalue weighted by Crippen LogP contribution is 2.31. The van der Waals surface area contributed by atoms with Crippen molar-refractivity contribution in [1.82, 2.24) is 14.6 Å². The van der Waals surface area contributed by atoms with Crippen LogP contribution in [0.2, 0.25) is 0 Å². The maximum absolute atomic E-state index is 5.68. The highest BCUT2D eigenvalue weighted by molar-refractivity contribution is 6.04. The summed E-state index contributed by atoms with van der Waals surface area (Å²) in [5, 5.41) is 4.59. The van der Waals surface area contributed by atoms with Gasteiger partial charge in [0.05, 0.1) is 30.5 Å². The molecule has 3 aromatic rings. The van der Waals surface area contributed by atoms with Crippen molar-refractivity contribution < 1.29 is 4.74 Å². The lowest BCUT2D eigenvalue weighted by atomic mass is 10.0. The van der Waals surface area contributed by atoms with E-state index in [0.29, 0.717) is 6.67 Å². The van der Waals surface area contributed by atoms with Gasteiger partial charge in [-0.05, 0) is 68.2 Å². The second kappa shape index (κ2) is 7.95. The summed E-state index contributed by atoms with van der Waals surface area (Å²) in [6.07, 6.45) is 8.20. The number of ether oxygens (including phenoxy) is 1. The van der Waals surface area contributed by atoms with Gasteiger partial charge in [0.15, 0.2) is 0 Å². The molecule has 5 rings (SSSR count). The van der Waals surface area contributed by atoms with Crippen molar-refractivity contribution in [2.24, 2.45) is 4.99 Å². The molecule has 0 amide bonds. The number of amidine groups is 1. The van der Waals surface area contributed by atoms with E-state index in [0.717, 1.165) is 47.9 Å². The third-order valence-electron chi connectivity index (χ3n) is 5.86. The maximum atomic E-state index is 5.68. The number of aromatic nitrogens is 2. The Morgan fingerprint density at radius 3 is 2.61 bits per heavy atom. The smallest absolute Gasteiger partial charge is 0.147 e. The lowest BCUT2D eigenvalue weighted by molar-refractivity contribution is 0.390. The van der Waals surface area contributed by atoms with E-state index in [9.17, 15) is 0 Å². The van der Waals surface area contributed by atoms with Crippen LogP contribution in [0, 0.1) is 13.8 Å². The molecule has 6 nitrogen and oxygen atoms in total. The minimum absolute atomic E-state index is 0.665. The Kier molecular flexibility index (Phi) is 4.98. The number of benzene rings is 2. The summed E-state index contributed by atoms with van der Waals surface area (Å²) in [4.78, 5) is 9.21. The number of imidazole rings is 1. The molecule has 0 N–H and O–H groups in total. The first-order valence-electron chi connectivity index (χ1n) is 10.7. The van der Waals surface area contributed by atoms with E-state index in [2.05, 4.69) is 70.5 Å². The van der Waals surface area contributed by atoms with Crippen LogP contribution in [-0.4, -0.2) is 40.7 Å². The molecule has 2 aromatic carbocycles. The van der Waals surface area contributed by atoms with Gasteiger partial charge in [-0.25, -0.2) is 9.98 Å². The Labute approximate surface area is 183 Å². The molecule has 1 aromatic heterocycles. The number of nitrogens with zero attached hydrogens (tertiary/aromatic N) is 5. The maximum Gasteiger partial charge on any atom is 0.147 e. The Morgan fingerprint density at radius 2 is 1.87 bits per heavy atom. The van der Waals surface area contributed by atoms with Gasteiger partial charge < -0.3 is 9.30 Å². The minimum atomic E-state index is 0.665. The SMILES string of the molecule is COc1cc(C=C2CCCN3C2=NCN3c2ccc(C)cc2)ccc1-n1cnc(C)c1. The second-order valence-electron chi connectivity index (χ2n) is 8.11. The van der Waals surface area contributed by atoms with Crippen molar-refractivity contribution in [2.45, 2.75) is 26.7 Å². The summed E-state index contributed by atoms with van der Waals surface area (Å²) < 4.78 is 7.68. The molecular formula is C25H27N5O. The minimum Gasteiger partial charge on any atom is -0.495 e. The van der Waals surface area contributed by atoms with Gasteiger partial charge in [-0.2, -0.15) is 0 Å². The quantitative estimate of drug-likeness (QED) is 0.618. The van der Waals surface area contributed by atoms with E-state index in [1.807, 2.05) is 24.0 Å². The summed E-state index contributed by atoms with van der Waals surface area (Å²) in [5.74, 6) is 1.91. The summed E-state index contributed by atoms with van der Waals surface area (Å²) in [6.45, 7) is 5.76. The second-order valence-corrected chi connectivity index (χ2v) is 8.11. The Balaban J connectivity index is 1.42. The van der Waals surface area contributed by atoms with Crippen LogP contribution in [-0.2, 0) is 0 Å². The highest BCUT2D eigenvalue weighted by Gasteiger charge is 2.31. The molecule has 0 spiro atoms. The van der Waals surface area contributed by atoms with Gasteiger partial charge in [-0.15, -0.1) is 0 Å². The fraction of sp³-hybridized carbons (Fsp3) is 0.280. The number of aryl methyl sites for hydroxylation is 2. The van der Waals surface area contributed by atoms with Crippen molar-refractivity contribution >= 4 is 17.6 Å². The lowest BCUT2D eigenvalue weighted by Crippen LogP contribution is -2.45. The van der Waals surface area contributed by atoms with Crippen LogP contribution in [0.25, 0.3) is 11.8 Å². The largest absolute Gasteiger partial charge is 0.495 e. The van der Waals surface area contributed by atoms with E-state index < -0.39 is 0 Å². The molecule has 0 saturated carbocycles. The summed E-state index contributed by atoms with van der Waals surface area (Å²) in [6, 6.07) is 15.0. The predicted octanol–water partition coefficient (Wildman–Crippen LogP) is 4.77. The number of aliphatic imine (C=N–C) groups is 1. The van der Waals surface area contributed by atoms with E-state index in [1.165, 1.54) is 16.8 Å². The molecule has 0 bridgehead atoms. The van der Waals surface area contributed by atoms with Crippen LogP contribution in [0.4, 0.5) is 5.69 Å². The fourth-order valence-corrected chi connectivity index (χ4v) is 4.26. The number of hydrogen-bond acceptors (Lipinski definition) is 5. The summed E-state index contributed by atoms with van der Waals surface area (Å²) in [5.41, 5.74) is 6.81. The monoisotopic (exact) mass is 413 g/mol. The van der Waals surface area contributed by atoms with Crippen molar-refractivity contribution in [3.63, 3.8) is 0 Å². The molecule has 3 heterocycles. The molecule has 1 fully saturated rings. The standard InChI is InChI=1S/C25H27N5O/c1-18-6-9-22(10-7-18)30-17-27-25-21(5-4-12-29(25)30)13-20-8-11-23(24(14-20)31-3)28-15-19(2)26-16-28/h6-11,13-16H,4-5,12,17H2,1-3H3. The zero-order chi connectivity index (χ0) is 21.4. The zero-order valence-corrected chi connectivity index (χ0v) is 18.2. The van der Waals surface area contributed by atoms with Crippen molar-refractivity contribution in [3.8, 4) is 11.4 Å². The first-order valence-corrected chi connectivity index (χ1v) is 10.7. The van der Waals surface area contributed by atoms with Gasteiger partial charge in [0.25, 0.3) is 0 Å². The van der Waals surface area contributed by atoms with E-state index >= 15 is 0 Å². The molecular weight excluding hydrogens is 386 g/mol. The van der Waals surface area contributed by atoms with Crippen molar-refractivity contribution in [2.75, 3.05) is 25.3 Å². The van der Waals surface area contributed by atoms with Crippen LogP contribution in [0.1, 0.15) is 29.7 Å². The number of methoxy groups -OCH3 is 1. The Bertz CT molecular complexity index is 1160. The van der Waals surface area contributed by atoms with Gasteiger partial charge >= 0.3 is 0 Å². The van der Waals surface area contributed by atoms with Gasteiger partial charge in [0.1, 0.15) is 18.3 Å². The third-order valence-corrected chi connectivity index (χ3v) is 5.86.